The molecule has 48 valence electrons. The van der Waals surface area contributed by atoms with Crippen LogP contribution in [0.4, 0.5) is 0 Å². The maximum atomic E-state index is 3.51. The van der Waals surface area contributed by atoms with E-state index in [9.17, 15) is 0 Å². The van der Waals surface area contributed by atoms with E-state index >= 15 is 0 Å². The Bertz CT molecular complexity index is 229. The number of hydrogen-bond acceptors (Lipinski definition) is 2. The highest BCUT2D eigenvalue weighted by molar-refractivity contribution is 9.10. The Hall–Kier alpha value is 0.530. The van der Waals surface area contributed by atoms with Crippen LogP contribution in [0.15, 0.2) is 9.85 Å². The van der Waals surface area contributed by atoms with Crippen LogP contribution in [0.25, 0.3) is 0 Å². The standard InChI is InChI=1S/C6H5BrS2/c7-5-2-9-6-3-8-1-4(5)6/h2H,1,3H2. The van der Waals surface area contributed by atoms with Crippen molar-refractivity contribution in [1.82, 2.24) is 0 Å². The van der Waals surface area contributed by atoms with Gasteiger partial charge in [-0.3, -0.25) is 0 Å². The summed E-state index contributed by atoms with van der Waals surface area (Å²) in [4.78, 5) is 1.56. The first-order valence-electron chi connectivity index (χ1n) is 2.70. The lowest BCUT2D eigenvalue weighted by Gasteiger charge is -1.84. The van der Waals surface area contributed by atoms with Gasteiger partial charge in [0.1, 0.15) is 0 Å². The minimum Gasteiger partial charge on any atom is -0.151 e. The fraction of sp³-hybridized carbons (Fsp3) is 0.333. The van der Waals surface area contributed by atoms with Gasteiger partial charge in [-0.1, -0.05) is 0 Å². The first kappa shape index (κ1) is 6.25. The minimum absolute atomic E-state index is 1.21. The molecule has 0 amide bonds. The molecule has 1 aliphatic rings. The highest BCUT2D eigenvalue weighted by atomic mass is 79.9. The van der Waals surface area contributed by atoms with Gasteiger partial charge in [0, 0.05) is 26.2 Å². The third-order valence-corrected chi connectivity index (χ3v) is 4.62. The van der Waals surface area contributed by atoms with Crippen LogP contribution in [-0.4, -0.2) is 0 Å². The molecule has 0 aliphatic carbocycles. The average Bonchev–Trinajstić information content (AvgIpc) is 2.35. The molecular formula is C6H5BrS2. The minimum atomic E-state index is 1.21. The molecule has 1 aromatic heterocycles. The summed E-state index contributed by atoms with van der Waals surface area (Å²) in [5, 5.41) is 2.18. The monoisotopic (exact) mass is 220 g/mol. The summed E-state index contributed by atoms with van der Waals surface area (Å²) in [5.74, 6) is 2.44. The van der Waals surface area contributed by atoms with Crippen molar-refractivity contribution in [3.8, 4) is 0 Å². The molecule has 0 bridgehead atoms. The number of rotatable bonds is 0. The highest BCUT2D eigenvalue weighted by Crippen LogP contribution is 2.39. The zero-order valence-corrected chi connectivity index (χ0v) is 7.91. The number of thiophene rings is 1. The molecule has 0 N–H and O–H groups in total. The second-order valence-corrected chi connectivity index (χ2v) is 4.78. The summed E-state index contributed by atoms with van der Waals surface area (Å²) in [5.41, 5.74) is 1.53. The van der Waals surface area contributed by atoms with E-state index in [1.54, 1.807) is 4.88 Å². The van der Waals surface area contributed by atoms with Gasteiger partial charge in [-0.2, -0.15) is 11.8 Å². The lowest BCUT2D eigenvalue weighted by Crippen LogP contribution is -1.69. The number of thioether (sulfide) groups is 1. The molecule has 2 rings (SSSR count). The van der Waals surface area contributed by atoms with Crippen LogP contribution in [0.3, 0.4) is 0 Å². The van der Waals surface area contributed by atoms with Crippen molar-refractivity contribution in [3.63, 3.8) is 0 Å². The Morgan fingerprint density at radius 1 is 1.44 bits per heavy atom. The van der Waals surface area contributed by atoms with Crippen molar-refractivity contribution in [2.75, 3.05) is 0 Å². The molecule has 1 aromatic rings. The van der Waals surface area contributed by atoms with E-state index < -0.39 is 0 Å². The third-order valence-electron chi connectivity index (χ3n) is 1.41. The summed E-state index contributed by atoms with van der Waals surface area (Å²) in [6.07, 6.45) is 0. The Labute approximate surface area is 70.8 Å². The van der Waals surface area contributed by atoms with Crippen LogP contribution in [-0.2, 0) is 11.5 Å². The van der Waals surface area contributed by atoms with E-state index in [2.05, 4.69) is 21.3 Å². The highest BCUT2D eigenvalue weighted by Gasteiger charge is 2.15. The SMILES string of the molecule is Brc1csc2c1CSC2. The number of halogens is 1. The molecule has 0 spiro atoms. The van der Waals surface area contributed by atoms with Crippen LogP contribution >= 0.6 is 39.0 Å². The molecule has 1 aliphatic heterocycles. The summed E-state index contributed by atoms with van der Waals surface area (Å²) < 4.78 is 1.31. The molecule has 0 saturated heterocycles. The van der Waals surface area contributed by atoms with Crippen molar-refractivity contribution in [3.05, 3.63) is 20.3 Å². The molecule has 9 heavy (non-hydrogen) atoms. The van der Waals surface area contributed by atoms with E-state index in [0.717, 1.165) is 0 Å². The van der Waals surface area contributed by atoms with Gasteiger partial charge in [0.05, 0.1) is 0 Å². The lowest BCUT2D eigenvalue weighted by atomic mass is 10.3. The molecule has 2 heterocycles. The quantitative estimate of drug-likeness (QED) is 0.648. The third kappa shape index (κ3) is 0.954. The van der Waals surface area contributed by atoms with Gasteiger partial charge >= 0.3 is 0 Å². The summed E-state index contributed by atoms with van der Waals surface area (Å²) in [6.45, 7) is 0. The summed E-state index contributed by atoms with van der Waals surface area (Å²) in [7, 11) is 0. The second-order valence-electron chi connectivity index (χ2n) is 1.98. The second kappa shape index (κ2) is 2.29. The molecule has 0 aromatic carbocycles. The van der Waals surface area contributed by atoms with Gasteiger partial charge in [-0.25, -0.2) is 0 Å². The molecular weight excluding hydrogens is 216 g/mol. The molecule has 0 fully saturated rings. The van der Waals surface area contributed by atoms with Gasteiger partial charge in [-0.05, 0) is 21.5 Å². The predicted octanol–water partition coefficient (Wildman–Crippen LogP) is 3.26. The maximum Gasteiger partial charge on any atom is 0.0325 e. The van der Waals surface area contributed by atoms with Gasteiger partial charge < -0.3 is 0 Å². The van der Waals surface area contributed by atoms with E-state index in [4.69, 9.17) is 0 Å². The molecule has 0 radical (unpaired) electrons. The van der Waals surface area contributed by atoms with Crippen molar-refractivity contribution in [2.24, 2.45) is 0 Å². The lowest BCUT2D eigenvalue weighted by molar-refractivity contribution is 1.42. The van der Waals surface area contributed by atoms with Crippen molar-refractivity contribution >= 4 is 39.0 Å². The number of hydrogen-bond donors (Lipinski definition) is 0. The van der Waals surface area contributed by atoms with Crippen LogP contribution in [0.2, 0.25) is 0 Å². The maximum absolute atomic E-state index is 3.51. The first-order chi connectivity index (χ1) is 4.38. The van der Waals surface area contributed by atoms with Crippen LogP contribution in [0.5, 0.6) is 0 Å². The molecule has 3 heteroatoms. The first-order valence-corrected chi connectivity index (χ1v) is 5.53. The largest absolute Gasteiger partial charge is 0.151 e. The molecule has 0 nitrogen and oxygen atoms in total. The van der Waals surface area contributed by atoms with Gasteiger partial charge in [0.2, 0.25) is 0 Å². The Morgan fingerprint density at radius 3 is 3.11 bits per heavy atom. The fourth-order valence-electron chi connectivity index (χ4n) is 0.915. The van der Waals surface area contributed by atoms with Crippen LogP contribution in [0, 0.1) is 0 Å². The van der Waals surface area contributed by atoms with E-state index in [1.807, 2.05) is 23.1 Å². The molecule has 0 atom stereocenters. The van der Waals surface area contributed by atoms with Gasteiger partial charge in [-0.15, -0.1) is 11.3 Å². The van der Waals surface area contributed by atoms with Gasteiger partial charge in [0.15, 0.2) is 0 Å². The molecule has 0 unspecified atom stereocenters. The zero-order valence-electron chi connectivity index (χ0n) is 4.69. The zero-order chi connectivity index (χ0) is 6.27. The number of fused-ring (bicyclic) bond motifs is 1. The van der Waals surface area contributed by atoms with E-state index in [1.165, 1.54) is 21.5 Å². The average molecular weight is 221 g/mol. The Balaban J connectivity index is 2.56. The Morgan fingerprint density at radius 2 is 2.33 bits per heavy atom. The van der Waals surface area contributed by atoms with Crippen molar-refractivity contribution in [2.45, 2.75) is 11.5 Å². The van der Waals surface area contributed by atoms with Crippen LogP contribution < -0.4 is 0 Å². The smallest absolute Gasteiger partial charge is 0.0325 e. The van der Waals surface area contributed by atoms with E-state index in [0.29, 0.717) is 0 Å². The topological polar surface area (TPSA) is 0 Å². The predicted molar refractivity (Wildman–Crippen MR) is 47.0 cm³/mol. The summed E-state index contributed by atoms with van der Waals surface area (Å²) in [6, 6.07) is 0. The summed E-state index contributed by atoms with van der Waals surface area (Å²) >= 11 is 7.39. The van der Waals surface area contributed by atoms with Crippen molar-refractivity contribution in [1.29, 1.82) is 0 Å². The Kier molecular flexibility index (Phi) is 1.59. The van der Waals surface area contributed by atoms with Crippen LogP contribution in [0.1, 0.15) is 10.4 Å². The fourth-order valence-corrected chi connectivity index (χ4v) is 4.21. The van der Waals surface area contributed by atoms with Gasteiger partial charge in [0.25, 0.3) is 0 Å². The van der Waals surface area contributed by atoms with E-state index in [-0.39, 0.29) is 0 Å². The molecule has 0 saturated carbocycles. The van der Waals surface area contributed by atoms with Crippen molar-refractivity contribution < 1.29 is 0 Å². The normalized spacial score (nSPS) is 16.1.